The number of para-hydroxylation sites is 4. The highest BCUT2D eigenvalue weighted by Gasteiger charge is 2.30. The van der Waals surface area contributed by atoms with E-state index in [1.165, 1.54) is 6.92 Å². The molecular formula is C83H74Br2N10O11. The minimum Gasteiger partial charge on any atom is -0.495 e. The molecule has 0 saturated carbocycles. The predicted molar refractivity (Wildman–Crippen MR) is 417 cm³/mol. The Morgan fingerprint density at radius 3 is 1.42 bits per heavy atom. The fraction of sp³-hybridized carbons (Fsp3) is 0.145. The first-order chi connectivity index (χ1) is 51.5. The van der Waals surface area contributed by atoms with Gasteiger partial charge in [0.05, 0.1) is 41.7 Å². The molecule has 5 amide bonds. The molecule has 0 spiro atoms. The van der Waals surface area contributed by atoms with Crippen molar-refractivity contribution < 1.29 is 52.6 Å². The molecule has 0 bridgehead atoms. The molecule has 0 aliphatic carbocycles. The van der Waals surface area contributed by atoms with Gasteiger partial charge in [0.15, 0.2) is 0 Å². The third-order valence-electron chi connectivity index (χ3n) is 17.3. The van der Waals surface area contributed by atoms with Crippen molar-refractivity contribution in [2.24, 2.45) is 0 Å². The zero-order valence-electron chi connectivity index (χ0n) is 57.8. The summed E-state index contributed by atoms with van der Waals surface area (Å²) in [6.45, 7) is 5.54. The van der Waals surface area contributed by atoms with Gasteiger partial charge in [-0.25, -0.2) is 0 Å². The quantitative estimate of drug-likeness (QED) is 0.0189. The van der Waals surface area contributed by atoms with E-state index in [9.17, 15) is 43.2 Å². The van der Waals surface area contributed by atoms with Crippen molar-refractivity contribution >= 4 is 140 Å². The molecule has 0 unspecified atom stereocenters. The molecule has 1 aliphatic heterocycles. The largest absolute Gasteiger partial charge is 0.495 e. The van der Waals surface area contributed by atoms with Crippen molar-refractivity contribution in [1.29, 1.82) is 0 Å². The number of H-pyrrole nitrogens is 4. The Hall–Kier alpha value is -12.5. The van der Waals surface area contributed by atoms with Crippen molar-refractivity contribution in [1.82, 2.24) is 40.4 Å². The zero-order chi connectivity index (χ0) is 74.5. The van der Waals surface area contributed by atoms with Crippen LogP contribution in [0, 0.1) is 0 Å². The van der Waals surface area contributed by atoms with Gasteiger partial charge >= 0.3 is 0 Å². The molecule has 9 aromatic carbocycles. The smallest absolute Gasteiger partial charge is 0.295 e. The summed E-state index contributed by atoms with van der Waals surface area (Å²) in [6.07, 6.45) is 6.91. The van der Waals surface area contributed by atoms with Crippen molar-refractivity contribution in [3.8, 4) is 11.5 Å². The van der Waals surface area contributed by atoms with E-state index >= 15 is 0 Å². The average Bonchev–Trinajstić information content (AvgIpc) is 1.61. The number of ketones is 4. The van der Waals surface area contributed by atoms with Gasteiger partial charge in [-0.2, -0.15) is 0 Å². The number of rotatable bonds is 22. The van der Waals surface area contributed by atoms with Crippen LogP contribution < -0.4 is 30.3 Å². The van der Waals surface area contributed by atoms with Gasteiger partial charge < -0.3 is 60.1 Å². The van der Waals surface area contributed by atoms with E-state index in [-0.39, 0.29) is 5.91 Å². The number of benzene rings is 9. The molecule has 106 heavy (non-hydrogen) atoms. The van der Waals surface area contributed by atoms with E-state index < -0.39 is 46.8 Å². The lowest BCUT2D eigenvalue weighted by Crippen LogP contribution is -2.50. The average molecular weight is 1550 g/mol. The Kier molecular flexibility index (Phi) is 25.4. The highest BCUT2D eigenvalue weighted by molar-refractivity contribution is 9.10. The van der Waals surface area contributed by atoms with Crippen LogP contribution in [0.4, 0.5) is 11.4 Å². The molecule has 1 aliphatic rings. The number of ether oxygens (including phenoxy) is 2. The van der Waals surface area contributed by atoms with E-state index in [2.05, 4.69) is 72.6 Å². The fourth-order valence-corrected chi connectivity index (χ4v) is 12.7. The Morgan fingerprint density at radius 1 is 0.462 bits per heavy atom. The number of nitrogens with one attached hydrogen (secondary N) is 7. The number of hydrogen-bond acceptors (Lipinski definition) is 12. The maximum atomic E-state index is 13.2. The van der Waals surface area contributed by atoms with E-state index in [1.54, 1.807) is 72.0 Å². The molecule has 21 nitrogen and oxygen atoms in total. The lowest BCUT2D eigenvalue weighted by atomic mass is 10.1. The predicted octanol–water partition coefficient (Wildman–Crippen LogP) is 14.4. The molecule has 1 fully saturated rings. The summed E-state index contributed by atoms with van der Waals surface area (Å²) in [5, 5.41) is 10.9. The van der Waals surface area contributed by atoms with Crippen molar-refractivity contribution in [3.05, 3.63) is 297 Å². The number of methoxy groups -OCH3 is 1. The first kappa shape index (κ1) is 74.7. The number of Topliss-reactive ketones (excluding diaryl/α,β-unsaturated/α-hetero) is 4. The molecular weight excluding hydrogens is 1470 g/mol. The van der Waals surface area contributed by atoms with Crippen molar-refractivity contribution in [3.63, 3.8) is 0 Å². The van der Waals surface area contributed by atoms with E-state index in [0.29, 0.717) is 104 Å². The number of fused-ring (bicyclic) bond motifs is 4. The minimum atomic E-state index is -0.648. The van der Waals surface area contributed by atoms with Crippen molar-refractivity contribution in [2.75, 3.05) is 56.7 Å². The minimum absolute atomic E-state index is 0.135. The van der Waals surface area contributed by atoms with Crippen LogP contribution in [0.25, 0.3) is 43.6 Å². The topological polar surface area (TPSA) is 281 Å². The number of halogens is 2. The maximum absolute atomic E-state index is 13.2. The van der Waals surface area contributed by atoms with Gasteiger partial charge in [0, 0.05) is 142 Å². The summed E-state index contributed by atoms with van der Waals surface area (Å²) < 4.78 is 12.7. The highest BCUT2D eigenvalue weighted by atomic mass is 79.9. The highest BCUT2D eigenvalue weighted by Crippen LogP contribution is 2.30. The Bertz CT molecular complexity index is 5240. The standard InChI is InChI=1S/C24H20N2O2.C21H20BrN3O4.C21H20BrN3O3.C17H14N2O2/c27-23(21-15-25-22-14-8-7-13-20(21)22)24(28)26(16-18-9-3-1-4-10-18)17-19-11-5-2-6-12-19;1-13(26)25-15-4-6-16(7-5-15)29-10-2-9-23-21(28)20(27)18-12-24-19-8-3-14(22)11-17(18)19;1-28-19-5-3-2-4-18(19)24-8-10-25(11-9-24)21(27)20(26)16-13-23-17-7-6-14(22)12-15(16)17;20-16(14-11-18-15-9-5-4-8-13(14)15)17(21)19-10-12-6-2-1-3-7-12/h1-15,25H,16-17H2;3-8,11-12,24H,2,9-10H2,1H3,(H,23,28)(H,25,26);2-7,12-13,23H,8-11H2,1H3;1-9,11,18H,10H2,(H,19,21). The molecule has 13 aromatic rings. The first-order valence-electron chi connectivity index (χ1n) is 34.0. The monoisotopic (exact) mass is 1540 g/mol. The summed E-state index contributed by atoms with van der Waals surface area (Å²) >= 11 is 6.79. The van der Waals surface area contributed by atoms with Gasteiger partial charge in [-0.15, -0.1) is 0 Å². The lowest BCUT2D eigenvalue weighted by molar-refractivity contribution is -0.128. The summed E-state index contributed by atoms with van der Waals surface area (Å²) in [5.41, 5.74) is 9.50. The number of anilines is 2. The van der Waals surface area contributed by atoms with Crippen LogP contribution in [0.15, 0.2) is 258 Å². The van der Waals surface area contributed by atoms with Crippen LogP contribution in [-0.4, -0.2) is 129 Å². The zero-order valence-corrected chi connectivity index (χ0v) is 61.0. The lowest BCUT2D eigenvalue weighted by Gasteiger charge is -2.36. The van der Waals surface area contributed by atoms with Crippen LogP contribution >= 0.6 is 31.9 Å². The molecule has 1 saturated heterocycles. The maximum Gasteiger partial charge on any atom is 0.295 e. The van der Waals surface area contributed by atoms with E-state index in [4.69, 9.17) is 9.47 Å². The molecule has 23 heteroatoms. The van der Waals surface area contributed by atoms with Crippen LogP contribution in [0.5, 0.6) is 11.5 Å². The molecule has 536 valence electrons. The van der Waals surface area contributed by atoms with Gasteiger partial charge in [0.2, 0.25) is 5.91 Å². The number of carbonyl (C=O) groups excluding carboxylic acids is 9. The molecule has 4 aromatic heterocycles. The van der Waals surface area contributed by atoms with Crippen LogP contribution in [0.2, 0.25) is 0 Å². The third kappa shape index (κ3) is 19.2. The first-order valence-corrected chi connectivity index (χ1v) is 35.6. The van der Waals surface area contributed by atoms with Crippen LogP contribution in [-0.2, 0) is 43.6 Å². The van der Waals surface area contributed by atoms with Gasteiger partial charge in [-0.1, -0.05) is 171 Å². The SMILES string of the molecule is CC(=O)Nc1ccc(OCCCNC(=O)C(=O)c2c[nH]c3ccc(Br)cc23)cc1.COc1ccccc1N1CCN(C(=O)C(=O)c2c[nH]c3ccc(Br)cc23)CC1.O=C(C(=O)N(Cc1ccccc1)Cc1ccccc1)c1c[nH]c2ccccc12.O=C(NCc1ccccc1)C(=O)c1c[nH]c2ccccc12. The second kappa shape index (κ2) is 36.1. The Balaban J connectivity index is 0.000000142. The molecule has 0 radical (unpaired) electrons. The van der Waals surface area contributed by atoms with E-state index in [1.807, 2.05) is 194 Å². The van der Waals surface area contributed by atoms with Crippen molar-refractivity contribution in [2.45, 2.75) is 33.0 Å². The second-order valence-corrected chi connectivity index (χ2v) is 26.3. The molecule has 5 heterocycles. The molecule has 0 atom stereocenters. The Morgan fingerprint density at radius 2 is 0.906 bits per heavy atom. The fourth-order valence-electron chi connectivity index (χ4n) is 11.9. The summed E-state index contributed by atoms with van der Waals surface area (Å²) in [5.74, 6) is -2.95. The summed E-state index contributed by atoms with van der Waals surface area (Å²) in [6, 6.07) is 69.8. The number of piperazine rings is 1. The number of nitrogens with zero attached hydrogens (tertiary/aromatic N) is 3. The molecule has 7 N–H and O–H groups in total. The van der Waals surface area contributed by atoms with Gasteiger partial charge in [0.1, 0.15) is 11.5 Å². The van der Waals surface area contributed by atoms with E-state index in [0.717, 1.165) is 75.3 Å². The number of aromatic amines is 4. The third-order valence-corrected chi connectivity index (χ3v) is 18.3. The summed E-state index contributed by atoms with van der Waals surface area (Å²) in [7, 11) is 1.65. The summed E-state index contributed by atoms with van der Waals surface area (Å²) in [4.78, 5) is 129. The van der Waals surface area contributed by atoms with Gasteiger partial charge in [0.25, 0.3) is 46.8 Å². The molecule has 14 rings (SSSR count). The van der Waals surface area contributed by atoms with Crippen LogP contribution in [0.1, 0.15) is 71.5 Å². The van der Waals surface area contributed by atoms with Gasteiger partial charge in [-0.05, 0) is 108 Å². The number of hydrogen-bond donors (Lipinski definition) is 7. The number of amides is 5. The van der Waals surface area contributed by atoms with Crippen LogP contribution in [0.3, 0.4) is 0 Å². The number of carbonyl (C=O) groups is 9. The Labute approximate surface area is 626 Å². The normalized spacial score (nSPS) is 11.6. The van der Waals surface area contributed by atoms with Gasteiger partial charge in [-0.3, -0.25) is 43.2 Å². The second-order valence-electron chi connectivity index (χ2n) is 24.5. The number of aromatic nitrogens is 4.